The second-order valence-electron chi connectivity index (χ2n) is 5.23. The Balaban J connectivity index is 0.00000135. The van der Waals surface area contributed by atoms with Gasteiger partial charge < -0.3 is 10.0 Å². The Hall–Kier alpha value is -0.660. The van der Waals surface area contributed by atoms with E-state index in [1.54, 1.807) is 24.0 Å². The lowest BCUT2D eigenvalue weighted by molar-refractivity contribution is -0.0589. The highest BCUT2D eigenvalue weighted by Gasteiger charge is 2.35. The smallest absolute Gasteiger partial charge is 0.209 e. The molecule has 22 heavy (non-hydrogen) atoms. The zero-order chi connectivity index (χ0) is 17.3. The highest BCUT2D eigenvalue weighted by atomic mass is 127. The van der Waals surface area contributed by atoms with E-state index < -0.39 is 5.72 Å². The van der Waals surface area contributed by atoms with Crippen LogP contribution in [0.1, 0.15) is 38.1 Å². The van der Waals surface area contributed by atoms with Crippen molar-refractivity contribution in [3.05, 3.63) is 29.8 Å². The second-order valence-corrected chi connectivity index (χ2v) is 6.76. The van der Waals surface area contributed by atoms with Crippen LogP contribution in [0.4, 0.5) is 5.69 Å². The van der Waals surface area contributed by atoms with Crippen LogP contribution in [0.25, 0.3) is 0 Å². The van der Waals surface area contributed by atoms with E-state index in [1.165, 1.54) is 4.43 Å². The van der Waals surface area contributed by atoms with Crippen molar-refractivity contribution in [3.8, 4) is 0 Å². The number of halogens is 1. The summed E-state index contributed by atoms with van der Waals surface area (Å²) >= 11 is 2.29. The summed E-state index contributed by atoms with van der Waals surface area (Å²) < 4.78 is 1.22. The third-order valence-electron chi connectivity index (χ3n) is 3.46. The molecule has 0 radical (unpaired) electrons. The van der Waals surface area contributed by atoms with Crippen molar-refractivity contribution >= 4 is 34.1 Å². The molecule has 5 heteroatoms. The molecular weight excluding hydrogens is 391 g/mol. The van der Waals surface area contributed by atoms with Crippen molar-refractivity contribution in [1.29, 1.82) is 0 Å². The first kappa shape index (κ1) is 21.3. The van der Waals surface area contributed by atoms with E-state index in [4.69, 9.17) is 0 Å². The molecule has 0 aliphatic carbocycles. The summed E-state index contributed by atoms with van der Waals surface area (Å²) in [6, 6.07) is 7.28. The van der Waals surface area contributed by atoms with E-state index in [1.807, 2.05) is 45.0 Å². The van der Waals surface area contributed by atoms with Gasteiger partial charge in [0.05, 0.1) is 0 Å². The van der Waals surface area contributed by atoms with Crippen LogP contribution in [0.5, 0.6) is 0 Å². The molecule has 1 aromatic rings. The summed E-state index contributed by atoms with van der Waals surface area (Å²) in [6.45, 7) is 8.79. The van der Waals surface area contributed by atoms with Crippen LogP contribution in [0.15, 0.2) is 24.3 Å². The highest BCUT2D eigenvalue weighted by molar-refractivity contribution is 14.1. The molecule has 0 heterocycles. The van der Waals surface area contributed by atoms with Gasteiger partial charge in [-0.25, -0.2) is 0 Å². The van der Waals surface area contributed by atoms with Crippen molar-refractivity contribution in [2.75, 3.05) is 36.5 Å². The molecule has 1 N–H and O–H groups in total. The SMILES string of the molecule is CCI.CCN(CC)C(C)(O)C(=O)c1ccc(N(C)C)cc1. The van der Waals surface area contributed by atoms with Crippen LogP contribution in [-0.4, -0.2) is 53.1 Å². The van der Waals surface area contributed by atoms with E-state index in [0.29, 0.717) is 18.7 Å². The minimum atomic E-state index is -1.46. The minimum absolute atomic E-state index is 0.262. The van der Waals surface area contributed by atoms with Gasteiger partial charge in [-0.1, -0.05) is 43.4 Å². The predicted molar refractivity (Wildman–Crippen MR) is 103 cm³/mol. The maximum atomic E-state index is 12.4. The number of likely N-dealkylation sites (N-methyl/N-ethyl adjacent to an activating group) is 1. The van der Waals surface area contributed by atoms with Gasteiger partial charge in [0.15, 0.2) is 5.72 Å². The molecule has 1 aromatic carbocycles. The van der Waals surface area contributed by atoms with Crippen molar-refractivity contribution in [2.45, 2.75) is 33.4 Å². The average Bonchev–Trinajstić information content (AvgIpc) is 2.48. The van der Waals surface area contributed by atoms with Crippen LogP contribution in [0.2, 0.25) is 0 Å². The lowest BCUT2D eigenvalue weighted by atomic mass is 10.00. The van der Waals surface area contributed by atoms with Gasteiger partial charge in [-0.3, -0.25) is 9.69 Å². The number of aliphatic hydroxyl groups is 1. The zero-order valence-electron chi connectivity index (χ0n) is 14.6. The van der Waals surface area contributed by atoms with Gasteiger partial charge >= 0.3 is 0 Å². The first-order valence-electron chi connectivity index (χ1n) is 7.61. The number of rotatable bonds is 6. The summed E-state index contributed by atoms with van der Waals surface area (Å²) in [7, 11) is 3.89. The number of nitrogens with zero attached hydrogens (tertiary/aromatic N) is 2. The Morgan fingerprint density at radius 1 is 1.14 bits per heavy atom. The molecule has 4 nitrogen and oxygen atoms in total. The molecule has 0 aliphatic rings. The summed E-state index contributed by atoms with van der Waals surface area (Å²) in [5.74, 6) is -0.262. The monoisotopic (exact) mass is 420 g/mol. The molecule has 0 saturated carbocycles. The number of ketones is 1. The number of alkyl halides is 1. The molecule has 1 unspecified atom stereocenters. The highest BCUT2D eigenvalue weighted by Crippen LogP contribution is 2.20. The Bertz CT molecular complexity index is 440. The Labute approximate surface area is 148 Å². The van der Waals surface area contributed by atoms with Crippen LogP contribution in [0.3, 0.4) is 0 Å². The van der Waals surface area contributed by atoms with Gasteiger partial charge in [0.2, 0.25) is 5.78 Å². The molecule has 0 amide bonds. The fourth-order valence-electron chi connectivity index (χ4n) is 2.17. The molecule has 126 valence electrons. The fourth-order valence-corrected chi connectivity index (χ4v) is 2.17. The number of carbonyl (C=O) groups excluding carboxylic acids is 1. The lowest BCUT2D eigenvalue weighted by Gasteiger charge is -2.34. The number of anilines is 1. The van der Waals surface area contributed by atoms with Crippen molar-refractivity contribution in [1.82, 2.24) is 4.90 Å². The third-order valence-corrected chi connectivity index (χ3v) is 3.46. The number of Topliss-reactive ketones (excluding diaryl/α,β-unsaturated/α-hetero) is 1. The van der Waals surface area contributed by atoms with Crippen LogP contribution >= 0.6 is 22.6 Å². The normalized spacial score (nSPS) is 13.1. The molecule has 0 spiro atoms. The average molecular weight is 420 g/mol. The summed E-state index contributed by atoms with van der Waals surface area (Å²) in [4.78, 5) is 16.1. The largest absolute Gasteiger partial charge is 0.378 e. The van der Waals surface area contributed by atoms with Gasteiger partial charge in [0.25, 0.3) is 0 Å². The van der Waals surface area contributed by atoms with E-state index >= 15 is 0 Å². The molecule has 0 aromatic heterocycles. The zero-order valence-corrected chi connectivity index (χ0v) is 16.7. The molecule has 1 rings (SSSR count). The Morgan fingerprint density at radius 3 is 1.86 bits per heavy atom. The molecule has 0 saturated heterocycles. The maximum absolute atomic E-state index is 12.4. The minimum Gasteiger partial charge on any atom is -0.378 e. The van der Waals surface area contributed by atoms with E-state index in [2.05, 4.69) is 29.5 Å². The van der Waals surface area contributed by atoms with Crippen LogP contribution in [-0.2, 0) is 0 Å². The van der Waals surface area contributed by atoms with Gasteiger partial charge in [0.1, 0.15) is 0 Å². The number of hydrogen-bond donors (Lipinski definition) is 1. The Morgan fingerprint density at radius 2 is 1.55 bits per heavy atom. The molecular formula is C17H29IN2O2. The molecule has 0 aliphatic heterocycles. The second kappa shape index (κ2) is 10.2. The quantitative estimate of drug-likeness (QED) is 0.332. The number of benzene rings is 1. The van der Waals surface area contributed by atoms with Gasteiger partial charge in [-0.05, 0) is 48.7 Å². The molecule has 1 atom stereocenters. The fraction of sp³-hybridized carbons (Fsp3) is 0.588. The first-order valence-corrected chi connectivity index (χ1v) is 9.14. The summed E-state index contributed by atoms with van der Waals surface area (Å²) in [5, 5.41) is 10.4. The molecule has 0 fully saturated rings. The number of carbonyl (C=O) groups is 1. The molecule has 0 bridgehead atoms. The predicted octanol–water partition coefficient (Wildman–Crippen LogP) is 3.43. The van der Waals surface area contributed by atoms with Crippen LogP contribution in [0, 0.1) is 0 Å². The van der Waals surface area contributed by atoms with Gasteiger partial charge in [0, 0.05) is 25.3 Å². The van der Waals surface area contributed by atoms with E-state index in [0.717, 1.165) is 5.69 Å². The summed E-state index contributed by atoms with van der Waals surface area (Å²) in [6.07, 6.45) is 0. The Kier molecular flexibility index (Phi) is 9.87. The summed E-state index contributed by atoms with van der Waals surface area (Å²) in [5.41, 5.74) is 0.102. The van der Waals surface area contributed by atoms with E-state index in [9.17, 15) is 9.90 Å². The van der Waals surface area contributed by atoms with E-state index in [-0.39, 0.29) is 5.78 Å². The maximum Gasteiger partial charge on any atom is 0.209 e. The first-order chi connectivity index (χ1) is 10.3. The van der Waals surface area contributed by atoms with Crippen molar-refractivity contribution in [3.63, 3.8) is 0 Å². The van der Waals surface area contributed by atoms with Crippen molar-refractivity contribution < 1.29 is 9.90 Å². The van der Waals surface area contributed by atoms with Crippen LogP contribution < -0.4 is 4.90 Å². The topological polar surface area (TPSA) is 43.8 Å². The third kappa shape index (κ3) is 5.85. The lowest BCUT2D eigenvalue weighted by Crippen LogP contribution is -2.52. The van der Waals surface area contributed by atoms with Crippen molar-refractivity contribution in [2.24, 2.45) is 0 Å². The number of hydrogen-bond acceptors (Lipinski definition) is 4. The standard InChI is InChI=1S/C15H24N2O2.C2H5I/c1-6-17(7-2)15(3,19)14(18)12-8-10-13(11-9-12)16(4)5;1-2-3/h8-11,19H,6-7H2,1-5H3;2H2,1H3. The van der Waals surface area contributed by atoms with Gasteiger partial charge in [-0.2, -0.15) is 0 Å². The van der Waals surface area contributed by atoms with Gasteiger partial charge in [-0.15, -0.1) is 0 Å².